The smallest absolute Gasteiger partial charge is 0.407 e. The Morgan fingerprint density at radius 3 is 2.33 bits per heavy atom. The fraction of sp³-hybridized carbons (Fsp3) is 0.423. The number of hydrogen-bond acceptors (Lipinski definition) is 4. The quantitative estimate of drug-likeness (QED) is 0.599. The van der Waals surface area contributed by atoms with E-state index in [0.717, 1.165) is 12.8 Å². The Bertz CT molecular complexity index is 1070. The Morgan fingerprint density at radius 2 is 1.70 bits per heavy atom. The first-order valence-corrected chi connectivity index (χ1v) is 11.5. The molecule has 2 aromatic carbocycles. The number of carboxylic acid groups (broad SMARTS) is 1. The number of aliphatic carboxylic acids is 1. The molecule has 2 fully saturated rings. The monoisotopic (exact) mass is 448 g/mol. The second kappa shape index (κ2) is 8.21. The van der Waals surface area contributed by atoms with Gasteiger partial charge in [0, 0.05) is 18.0 Å². The molecule has 3 aliphatic rings. The minimum Gasteiger partial charge on any atom is -0.481 e. The van der Waals surface area contributed by atoms with Gasteiger partial charge in [-0.1, -0.05) is 48.5 Å². The molecule has 2 saturated carbocycles. The third-order valence-electron chi connectivity index (χ3n) is 7.39. The van der Waals surface area contributed by atoms with Crippen LogP contribution >= 0.6 is 0 Å². The molecule has 7 nitrogen and oxygen atoms in total. The highest BCUT2D eigenvalue weighted by Crippen LogP contribution is 2.63. The fourth-order valence-electron chi connectivity index (χ4n) is 5.77. The first-order valence-electron chi connectivity index (χ1n) is 11.5. The Balaban J connectivity index is 1.16. The molecular weight excluding hydrogens is 420 g/mol. The summed E-state index contributed by atoms with van der Waals surface area (Å²) in [5.41, 5.74) is 4.22. The van der Waals surface area contributed by atoms with E-state index < -0.39 is 23.5 Å². The van der Waals surface area contributed by atoms with Crippen LogP contribution in [0.1, 0.15) is 49.7 Å². The van der Waals surface area contributed by atoms with Crippen LogP contribution in [0.4, 0.5) is 4.79 Å². The van der Waals surface area contributed by atoms with Crippen molar-refractivity contribution in [1.82, 2.24) is 10.6 Å². The largest absolute Gasteiger partial charge is 0.481 e. The van der Waals surface area contributed by atoms with E-state index >= 15 is 0 Å². The van der Waals surface area contributed by atoms with Crippen molar-refractivity contribution in [2.24, 2.45) is 11.3 Å². The lowest BCUT2D eigenvalue weighted by molar-refractivity contribution is -0.137. The van der Waals surface area contributed by atoms with Gasteiger partial charge in [-0.15, -0.1) is 0 Å². The van der Waals surface area contributed by atoms with Crippen LogP contribution in [0.3, 0.4) is 0 Å². The van der Waals surface area contributed by atoms with Gasteiger partial charge in [-0.3, -0.25) is 9.59 Å². The molecule has 5 rings (SSSR count). The van der Waals surface area contributed by atoms with Gasteiger partial charge in [0.15, 0.2) is 0 Å². The number of carbonyl (C=O) groups is 3. The summed E-state index contributed by atoms with van der Waals surface area (Å²) in [6.07, 6.45) is 1.53. The highest BCUT2D eigenvalue weighted by Gasteiger charge is 2.65. The number of alkyl carbamates (subject to hydrolysis) is 1. The van der Waals surface area contributed by atoms with E-state index in [1.165, 1.54) is 22.3 Å². The summed E-state index contributed by atoms with van der Waals surface area (Å²) in [6, 6.07) is 15.9. The lowest BCUT2D eigenvalue weighted by atomic mass is 9.98. The molecule has 0 unspecified atom stereocenters. The van der Waals surface area contributed by atoms with E-state index in [1.807, 2.05) is 24.3 Å². The molecule has 3 N–H and O–H groups in total. The molecule has 0 radical (unpaired) electrons. The Hall–Kier alpha value is -3.35. The SMILES string of the molecule is C[C@H](CC(=O)O)NC(=O)[C@]12C[C@H](NC(=O)OCC3c4ccccc4-c4ccccc43)C[C@H]1C2. The molecule has 0 aromatic heterocycles. The van der Waals surface area contributed by atoms with Gasteiger partial charge in [0.1, 0.15) is 6.61 Å². The molecule has 7 heteroatoms. The number of carboxylic acids is 1. The van der Waals surface area contributed by atoms with Crippen LogP contribution in [-0.4, -0.2) is 41.8 Å². The van der Waals surface area contributed by atoms with Crippen LogP contribution in [-0.2, 0) is 14.3 Å². The predicted molar refractivity (Wildman–Crippen MR) is 122 cm³/mol. The van der Waals surface area contributed by atoms with Crippen LogP contribution in [0.15, 0.2) is 48.5 Å². The summed E-state index contributed by atoms with van der Waals surface area (Å²) in [5.74, 6) is -0.798. The van der Waals surface area contributed by atoms with Crippen molar-refractivity contribution in [2.75, 3.05) is 6.61 Å². The van der Waals surface area contributed by atoms with Crippen molar-refractivity contribution in [3.63, 3.8) is 0 Å². The van der Waals surface area contributed by atoms with Gasteiger partial charge in [-0.05, 0) is 54.4 Å². The van der Waals surface area contributed by atoms with Gasteiger partial charge in [-0.2, -0.15) is 0 Å². The number of ether oxygens (including phenoxy) is 1. The van der Waals surface area contributed by atoms with E-state index in [0.29, 0.717) is 6.42 Å². The minimum absolute atomic E-state index is 0.00738. The molecular formula is C26H28N2O5. The van der Waals surface area contributed by atoms with Crippen molar-refractivity contribution in [3.05, 3.63) is 59.7 Å². The lowest BCUT2D eigenvalue weighted by Gasteiger charge is -2.20. The maximum atomic E-state index is 12.7. The molecule has 0 heterocycles. The number of nitrogens with one attached hydrogen (secondary N) is 2. The molecule has 0 saturated heterocycles. The number of fused-ring (bicyclic) bond motifs is 4. The highest BCUT2D eigenvalue weighted by molar-refractivity contribution is 5.87. The molecule has 2 amide bonds. The standard InChI is InChI=1S/C26H28N2O5/c1-15(10-23(29)30)27-24(31)26-12-16(26)11-17(13-26)28-25(32)33-14-22-20-8-4-2-6-18(20)19-7-3-5-9-21(19)22/h2-9,15-17,22H,10-14H2,1H3,(H,27,31)(H,28,32)(H,29,30)/t15-,16+,17-,26-/m1/s1. The second-order valence-electron chi connectivity index (χ2n) is 9.64. The maximum absolute atomic E-state index is 12.7. The van der Waals surface area contributed by atoms with Crippen LogP contribution in [0, 0.1) is 11.3 Å². The van der Waals surface area contributed by atoms with Crippen LogP contribution in [0.25, 0.3) is 11.1 Å². The number of carbonyl (C=O) groups excluding carboxylic acids is 2. The number of benzene rings is 2. The highest BCUT2D eigenvalue weighted by atomic mass is 16.5. The van der Waals surface area contributed by atoms with Crippen molar-refractivity contribution >= 4 is 18.0 Å². The van der Waals surface area contributed by atoms with E-state index in [9.17, 15) is 14.4 Å². The number of amides is 2. The lowest BCUT2D eigenvalue weighted by Crippen LogP contribution is -2.41. The van der Waals surface area contributed by atoms with Crippen molar-refractivity contribution in [2.45, 2.75) is 50.6 Å². The average molecular weight is 449 g/mol. The molecule has 0 spiro atoms. The topological polar surface area (TPSA) is 105 Å². The van der Waals surface area contributed by atoms with Crippen LogP contribution in [0.2, 0.25) is 0 Å². The summed E-state index contributed by atoms with van der Waals surface area (Å²) < 4.78 is 5.64. The molecule has 33 heavy (non-hydrogen) atoms. The Kier molecular flexibility index (Phi) is 5.35. The zero-order valence-electron chi connectivity index (χ0n) is 18.5. The van der Waals surface area contributed by atoms with Gasteiger partial charge < -0.3 is 20.5 Å². The number of rotatable bonds is 7. The van der Waals surface area contributed by atoms with Crippen molar-refractivity contribution in [1.29, 1.82) is 0 Å². The molecule has 4 atom stereocenters. The summed E-state index contributed by atoms with van der Waals surface area (Å²) in [6.45, 7) is 1.95. The third kappa shape index (κ3) is 3.96. The molecule has 172 valence electrons. The average Bonchev–Trinajstić information content (AvgIpc) is 3.20. The summed E-state index contributed by atoms with van der Waals surface area (Å²) in [5, 5.41) is 14.7. The first kappa shape index (κ1) is 21.5. The number of hydrogen-bond donors (Lipinski definition) is 3. The summed E-state index contributed by atoms with van der Waals surface area (Å²) in [7, 11) is 0. The molecule has 3 aliphatic carbocycles. The van der Waals surface area contributed by atoms with E-state index in [-0.39, 0.29) is 36.8 Å². The van der Waals surface area contributed by atoms with E-state index in [1.54, 1.807) is 6.92 Å². The second-order valence-corrected chi connectivity index (χ2v) is 9.64. The first-order chi connectivity index (χ1) is 15.9. The van der Waals surface area contributed by atoms with Gasteiger partial charge >= 0.3 is 12.1 Å². The molecule has 0 bridgehead atoms. The summed E-state index contributed by atoms with van der Waals surface area (Å²) >= 11 is 0. The maximum Gasteiger partial charge on any atom is 0.407 e. The zero-order valence-corrected chi connectivity index (χ0v) is 18.5. The van der Waals surface area contributed by atoms with Crippen molar-refractivity contribution in [3.8, 4) is 11.1 Å². The third-order valence-corrected chi connectivity index (χ3v) is 7.39. The van der Waals surface area contributed by atoms with E-state index in [2.05, 4.69) is 34.9 Å². The Morgan fingerprint density at radius 1 is 1.06 bits per heavy atom. The minimum atomic E-state index is -0.936. The molecule has 2 aromatic rings. The van der Waals surface area contributed by atoms with Crippen LogP contribution < -0.4 is 10.6 Å². The Labute approximate surface area is 192 Å². The normalized spacial score (nSPS) is 25.4. The zero-order chi connectivity index (χ0) is 23.2. The van der Waals surface area contributed by atoms with Crippen LogP contribution in [0.5, 0.6) is 0 Å². The molecule has 0 aliphatic heterocycles. The summed E-state index contributed by atoms with van der Waals surface area (Å²) in [4.78, 5) is 36.1. The van der Waals surface area contributed by atoms with Crippen molar-refractivity contribution < 1.29 is 24.2 Å². The van der Waals surface area contributed by atoms with Gasteiger partial charge in [-0.25, -0.2) is 4.79 Å². The fourth-order valence-corrected chi connectivity index (χ4v) is 5.77. The van der Waals surface area contributed by atoms with Gasteiger partial charge in [0.25, 0.3) is 0 Å². The predicted octanol–water partition coefficient (Wildman–Crippen LogP) is 3.67. The van der Waals surface area contributed by atoms with Gasteiger partial charge in [0.2, 0.25) is 5.91 Å². The van der Waals surface area contributed by atoms with Gasteiger partial charge in [0.05, 0.1) is 11.8 Å². The van der Waals surface area contributed by atoms with E-state index in [4.69, 9.17) is 9.84 Å².